The number of hydrogen-bond donors (Lipinski definition) is 2. The summed E-state index contributed by atoms with van der Waals surface area (Å²) >= 11 is 0. The third-order valence-corrected chi connectivity index (χ3v) is 5.84. The van der Waals surface area contributed by atoms with Gasteiger partial charge in [0.25, 0.3) is 0 Å². The molecule has 2 aromatic rings. The van der Waals surface area contributed by atoms with Crippen molar-refractivity contribution in [2.45, 2.75) is 31.1 Å². The first-order valence-corrected chi connectivity index (χ1v) is 10.0. The quantitative estimate of drug-likeness (QED) is 0.837. The molecule has 2 atom stereocenters. The molecule has 5 rings (SSSR count). The van der Waals surface area contributed by atoms with Crippen LogP contribution in [0.2, 0.25) is 0 Å². The number of fused-ring (bicyclic) bond motifs is 1. The van der Waals surface area contributed by atoms with E-state index in [4.69, 9.17) is 9.47 Å². The minimum absolute atomic E-state index is 0.00671. The Balaban J connectivity index is 1.24. The van der Waals surface area contributed by atoms with Crippen LogP contribution in [0.5, 0.6) is 11.5 Å². The maximum Gasteiger partial charge on any atom is 0.230 e. The van der Waals surface area contributed by atoms with Gasteiger partial charge in [-0.15, -0.1) is 0 Å². The highest BCUT2D eigenvalue weighted by Gasteiger charge is 2.44. The van der Waals surface area contributed by atoms with Crippen molar-refractivity contribution in [1.82, 2.24) is 20.1 Å². The van der Waals surface area contributed by atoms with E-state index in [0.717, 1.165) is 55.2 Å². The Morgan fingerprint density at radius 3 is 2.82 bits per heavy atom. The highest BCUT2D eigenvalue weighted by atomic mass is 16.6. The first-order valence-electron chi connectivity index (χ1n) is 10.0. The third-order valence-electron chi connectivity index (χ3n) is 5.84. The zero-order chi connectivity index (χ0) is 19.1. The topological polar surface area (TPSA) is 90.3 Å². The number of hydrogen-bond acceptors (Lipinski definition) is 6. The van der Waals surface area contributed by atoms with Gasteiger partial charge in [0.2, 0.25) is 11.9 Å². The second kappa shape index (κ2) is 7.09. The molecule has 0 spiro atoms. The molecule has 1 saturated heterocycles. The van der Waals surface area contributed by atoms with Crippen LogP contribution in [0.1, 0.15) is 42.5 Å². The van der Waals surface area contributed by atoms with E-state index < -0.39 is 0 Å². The maximum absolute atomic E-state index is 12.7. The summed E-state index contributed by atoms with van der Waals surface area (Å²) in [7, 11) is 1.83. The van der Waals surface area contributed by atoms with Crippen molar-refractivity contribution in [3.63, 3.8) is 0 Å². The van der Waals surface area contributed by atoms with Gasteiger partial charge in [-0.25, -0.2) is 4.68 Å². The van der Waals surface area contributed by atoms with Crippen molar-refractivity contribution in [2.75, 3.05) is 31.6 Å². The van der Waals surface area contributed by atoms with E-state index in [2.05, 4.69) is 20.7 Å². The molecular formula is C20H25N5O3. The number of rotatable bonds is 4. The fourth-order valence-corrected chi connectivity index (χ4v) is 4.11. The van der Waals surface area contributed by atoms with E-state index in [1.807, 2.05) is 25.2 Å². The number of piperidine rings is 1. The van der Waals surface area contributed by atoms with Crippen molar-refractivity contribution in [1.29, 1.82) is 0 Å². The Hall–Kier alpha value is -2.61. The van der Waals surface area contributed by atoms with E-state index in [-0.39, 0.29) is 17.7 Å². The molecule has 1 saturated carbocycles. The number of aromatic nitrogens is 3. The number of nitrogens with zero attached hydrogens (tertiary/aromatic N) is 3. The summed E-state index contributed by atoms with van der Waals surface area (Å²) in [5, 5.41) is 10.8. The van der Waals surface area contributed by atoms with Crippen molar-refractivity contribution < 1.29 is 14.3 Å². The molecule has 2 aliphatic heterocycles. The average Bonchev–Trinajstić information content (AvgIpc) is 3.46. The predicted octanol–water partition coefficient (Wildman–Crippen LogP) is 1.80. The van der Waals surface area contributed by atoms with Gasteiger partial charge in [-0.3, -0.25) is 10.1 Å². The molecule has 2 unspecified atom stereocenters. The lowest BCUT2D eigenvalue weighted by Gasteiger charge is -2.19. The molecule has 8 nitrogen and oxygen atoms in total. The van der Waals surface area contributed by atoms with Gasteiger partial charge in [0.1, 0.15) is 13.2 Å². The molecule has 1 aliphatic carbocycles. The van der Waals surface area contributed by atoms with Gasteiger partial charge in [0.15, 0.2) is 17.3 Å². The summed E-state index contributed by atoms with van der Waals surface area (Å²) in [5.74, 6) is 3.46. The largest absolute Gasteiger partial charge is 0.486 e. The van der Waals surface area contributed by atoms with Crippen LogP contribution in [0.25, 0.3) is 0 Å². The molecule has 28 heavy (non-hydrogen) atoms. The fourth-order valence-electron chi connectivity index (χ4n) is 4.11. The Kier molecular flexibility index (Phi) is 4.43. The number of carbonyl (C=O) groups is 1. The van der Waals surface area contributed by atoms with Gasteiger partial charge >= 0.3 is 0 Å². The van der Waals surface area contributed by atoms with Crippen molar-refractivity contribution in [3.8, 4) is 11.5 Å². The van der Waals surface area contributed by atoms with Gasteiger partial charge in [0, 0.05) is 18.9 Å². The van der Waals surface area contributed by atoms with E-state index in [1.54, 1.807) is 4.68 Å². The molecule has 1 amide bonds. The fraction of sp³-hybridized carbons (Fsp3) is 0.550. The first-order chi connectivity index (χ1) is 13.7. The molecule has 8 heteroatoms. The SMILES string of the molecule is Cn1nc(C2CCNCC2)nc1NC(=O)C1CC1c1ccc2c(c1)OCCO2. The van der Waals surface area contributed by atoms with E-state index >= 15 is 0 Å². The van der Waals surface area contributed by atoms with E-state index in [0.29, 0.717) is 25.1 Å². The Morgan fingerprint density at radius 1 is 1.21 bits per heavy atom. The molecule has 0 radical (unpaired) electrons. The normalized spacial score (nSPS) is 24.0. The number of benzene rings is 1. The summed E-state index contributed by atoms with van der Waals surface area (Å²) in [6.45, 7) is 3.13. The number of nitrogens with one attached hydrogen (secondary N) is 2. The molecule has 3 heterocycles. The van der Waals surface area contributed by atoms with Gasteiger partial charge in [0.05, 0.1) is 0 Å². The maximum atomic E-state index is 12.7. The zero-order valence-electron chi connectivity index (χ0n) is 16.0. The predicted molar refractivity (Wildman–Crippen MR) is 103 cm³/mol. The van der Waals surface area contributed by atoms with Crippen LogP contribution in [-0.2, 0) is 11.8 Å². The Bertz CT molecular complexity index is 890. The lowest BCUT2D eigenvalue weighted by atomic mass is 9.98. The molecule has 0 bridgehead atoms. The Labute approximate surface area is 163 Å². The van der Waals surface area contributed by atoms with Crippen LogP contribution >= 0.6 is 0 Å². The number of ether oxygens (including phenoxy) is 2. The van der Waals surface area contributed by atoms with Crippen LogP contribution in [-0.4, -0.2) is 47.0 Å². The van der Waals surface area contributed by atoms with Gasteiger partial charge in [-0.1, -0.05) is 6.07 Å². The summed E-state index contributed by atoms with van der Waals surface area (Å²) < 4.78 is 12.9. The summed E-state index contributed by atoms with van der Waals surface area (Å²) in [4.78, 5) is 17.3. The number of amides is 1. The lowest BCUT2D eigenvalue weighted by molar-refractivity contribution is -0.117. The molecule has 1 aromatic heterocycles. The average molecular weight is 383 g/mol. The highest BCUT2D eigenvalue weighted by molar-refractivity contribution is 5.94. The van der Waals surface area contributed by atoms with E-state index in [1.165, 1.54) is 0 Å². The minimum Gasteiger partial charge on any atom is -0.486 e. The first kappa shape index (κ1) is 17.5. The lowest BCUT2D eigenvalue weighted by Crippen LogP contribution is -2.27. The standard InChI is InChI=1S/C20H25N5O3/c1-25-20(22-18(24-25)12-4-6-21-7-5-12)23-19(26)15-11-14(15)13-2-3-16-17(10-13)28-9-8-27-16/h2-3,10,12,14-15,21H,4-9,11H2,1H3,(H,22,23,24,26). The van der Waals surface area contributed by atoms with Crippen LogP contribution in [0.3, 0.4) is 0 Å². The molecule has 1 aromatic carbocycles. The van der Waals surface area contributed by atoms with Gasteiger partial charge in [-0.2, -0.15) is 10.1 Å². The van der Waals surface area contributed by atoms with Crippen molar-refractivity contribution in [2.24, 2.45) is 13.0 Å². The number of anilines is 1. The Morgan fingerprint density at radius 2 is 2.00 bits per heavy atom. The monoisotopic (exact) mass is 383 g/mol. The second-order valence-corrected chi connectivity index (χ2v) is 7.78. The number of carbonyl (C=O) groups excluding carboxylic acids is 1. The van der Waals surface area contributed by atoms with Gasteiger partial charge in [-0.05, 0) is 56.0 Å². The summed E-state index contributed by atoms with van der Waals surface area (Å²) in [6.07, 6.45) is 2.91. The molecule has 2 fully saturated rings. The summed E-state index contributed by atoms with van der Waals surface area (Å²) in [5.41, 5.74) is 1.12. The number of aryl methyl sites for hydroxylation is 1. The van der Waals surface area contributed by atoms with Crippen LogP contribution in [0, 0.1) is 5.92 Å². The van der Waals surface area contributed by atoms with Crippen LogP contribution < -0.4 is 20.1 Å². The smallest absolute Gasteiger partial charge is 0.230 e. The molecular weight excluding hydrogens is 358 g/mol. The van der Waals surface area contributed by atoms with Gasteiger partial charge < -0.3 is 14.8 Å². The minimum atomic E-state index is -0.0402. The zero-order valence-corrected chi connectivity index (χ0v) is 16.0. The molecule has 148 valence electrons. The highest BCUT2D eigenvalue weighted by Crippen LogP contribution is 2.49. The third kappa shape index (κ3) is 3.32. The molecule has 3 aliphatic rings. The van der Waals surface area contributed by atoms with Crippen LogP contribution in [0.15, 0.2) is 18.2 Å². The summed E-state index contributed by atoms with van der Waals surface area (Å²) in [6, 6.07) is 5.97. The second-order valence-electron chi connectivity index (χ2n) is 7.78. The van der Waals surface area contributed by atoms with Crippen molar-refractivity contribution >= 4 is 11.9 Å². The van der Waals surface area contributed by atoms with E-state index in [9.17, 15) is 4.79 Å². The van der Waals surface area contributed by atoms with Crippen molar-refractivity contribution in [3.05, 3.63) is 29.6 Å². The van der Waals surface area contributed by atoms with Crippen LogP contribution in [0.4, 0.5) is 5.95 Å². The molecule has 2 N–H and O–H groups in total.